The van der Waals surface area contributed by atoms with Crippen molar-refractivity contribution in [1.29, 1.82) is 0 Å². The molecule has 0 heterocycles. The maximum atomic E-state index is 12.8. The van der Waals surface area contributed by atoms with E-state index in [1.54, 1.807) is 13.8 Å². The van der Waals surface area contributed by atoms with Crippen LogP contribution in [0, 0.1) is 0 Å². The molecule has 0 aromatic heterocycles. The molecule has 4 nitrogen and oxygen atoms in total. The molecule has 0 fully saturated rings. The third-order valence-corrected chi connectivity index (χ3v) is 5.95. The lowest BCUT2D eigenvalue weighted by molar-refractivity contribution is 0.100. The molecule has 0 saturated heterocycles. The maximum absolute atomic E-state index is 12.8. The molecule has 5 heteroatoms. The molecule has 0 radical (unpaired) electrons. The van der Waals surface area contributed by atoms with E-state index in [2.05, 4.69) is 47.6 Å². The van der Waals surface area contributed by atoms with E-state index in [4.69, 9.17) is 9.05 Å². The normalized spacial score (nSPS) is 13.1. The third-order valence-electron chi connectivity index (χ3n) is 3.98. The van der Waals surface area contributed by atoms with Crippen LogP contribution in [0.1, 0.15) is 76.9 Å². The zero-order chi connectivity index (χ0) is 19.5. The summed E-state index contributed by atoms with van der Waals surface area (Å²) in [6.45, 7) is 16.7. The van der Waals surface area contributed by atoms with Gasteiger partial charge in [0.05, 0.1) is 13.2 Å². The van der Waals surface area contributed by atoms with Gasteiger partial charge in [-0.2, -0.15) is 0 Å². The first-order valence-electron chi connectivity index (χ1n) is 8.90. The lowest BCUT2D eigenvalue weighted by atomic mass is 9.79. The van der Waals surface area contributed by atoms with Crippen LogP contribution in [0.3, 0.4) is 0 Å². The van der Waals surface area contributed by atoms with E-state index in [0.29, 0.717) is 5.56 Å². The number of hydrogen-bond donors (Lipinski definition) is 0. The summed E-state index contributed by atoms with van der Waals surface area (Å²) < 4.78 is 23.2. The summed E-state index contributed by atoms with van der Waals surface area (Å²) in [5.74, 6) is -0.207. The van der Waals surface area contributed by atoms with Crippen molar-refractivity contribution in [2.75, 3.05) is 19.4 Å². The topological polar surface area (TPSA) is 52.6 Å². The smallest absolute Gasteiger partial charge is 0.309 e. The van der Waals surface area contributed by atoms with E-state index in [0.717, 1.165) is 11.1 Å². The molecule has 0 aliphatic rings. The van der Waals surface area contributed by atoms with Crippen LogP contribution in [0.25, 0.3) is 0 Å². The van der Waals surface area contributed by atoms with Crippen LogP contribution >= 0.6 is 7.60 Å². The molecule has 1 aromatic carbocycles. The van der Waals surface area contributed by atoms with Crippen molar-refractivity contribution in [2.45, 2.75) is 66.2 Å². The summed E-state index contributed by atoms with van der Waals surface area (Å²) in [6.07, 6.45) is -0.230. The van der Waals surface area contributed by atoms with Crippen LogP contribution in [0.15, 0.2) is 18.2 Å². The first-order valence-corrected chi connectivity index (χ1v) is 10.6. The molecule has 0 bridgehead atoms. The SMILES string of the molecule is CCOP(=O)(CC(=O)c1cc(C(C)(C)C)cc(C(C)(C)C)c1)OCC. The Balaban J connectivity index is 3.31. The zero-order valence-electron chi connectivity index (χ0n) is 16.9. The Morgan fingerprint density at radius 1 is 0.880 bits per heavy atom. The Kier molecular flexibility index (Phi) is 7.21. The molecule has 0 atom stereocenters. The second-order valence-corrected chi connectivity index (χ2v) is 10.4. The van der Waals surface area contributed by atoms with Gasteiger partial charge in [-0.15, -0.1) is 0 Å². The van der Waals surface area contributed by atoms with Gasteiger partial charge in [-0.1, -0.05) is 47.6 Å². The molecule has 142 valence electrons. The van der Waals surface area contributed by atoms with Gasteiger partial charge in [0.25, 0.3) is 0 Å². The van der Waals surface area contributed by atoms with Crippen molar-refractivity contribution >= 4 is 13.4 Å². The molecule has 0 unspecified atom stereocenters. The maximum Gasteiger partial charge on any atom is 0.338 e. The summed E-state index contributed by atoms with van der Waals surface area (Å²) in [7, 11) is -3.40. The Morgan fingerprint density at radius 3 is 1.60 bits per heavy atom. The van der Waals surface area contributed by atoms with Crippen LogP contribution in [-0.4, -0.2) is 25.2 Å². The lowest BCUT2D eigenvalue weighted by Gasteiger charge is -2.26. The molecule has 1 aromatic rings. The Bertz CT molecular complexity index is 608. The molecular formula is C20H33O4P. The molecule has 0 aliphatic carbocycles. The quantitative estimate of drug-likeness (QED) is 0.455. The average Bonchev–Trinajstić information content (AvgIpc) is 2.45. The van der Waals surface area contributed by atoms with E-state index >= 15 is 0 Å². The number of carbonyl (C=O) groups excluding carboxylic acids is 1. The van der Waals surface area contributed by atoms with E-state index in [1.807, 2.05) is 12.1 Å². The van der Waals surface area contributed by atoms with Gasteiger partial charge in [0.2, 0.25) is 0 Å². The van der Waals surface area contributed by atoms with Gasteiger partial charge < -0.3 is 9.05 Å². The van der Waals surface area contributed by atoms with E-state index < -0.39 is 7.60 Å². The summed E-state index contributed by atoms with van der Waals surface area (Å²) in [6, 6.07) is 5.96. The monoisotopic (exact) mass is 368 g/mol. The Labute approximate surface area is 152 Å². The first kappa shape index (κ1) is 22.1. The van der Waals surface area contributed by atoms with Crippen LogP contribution in [0.2, 0.25) is 0 Å². The molecule has 0 aliphatic heterocycles. The highest BCUT2D eigenvalue weighted by Gasteiger charge is 2.29. The summed E-state index contributed by atoms with van der Waals surface area (Å²) in [4.78, 5) is 12.8. The summed E-state index contributed by atoms with van der Waals surface area (Å²) >= 11 is 0. The van der Waals surface area contributed by atoms with Gasteiger partial charge in [0.15, 0.2) is 5.78 Å². The van der Waals surface area contributed by atoms with Gasteiger partial charge >= 0.3 is 7.60 Å². The van der Waals surface area contributed by atoms with Crippen LogP contribution in [0.4, 0.5) is 0 Å². The van der Waals surface area contributed by atoms with Crippen molar-refractivity contribution in [3.05, 3.63) is 34.9 Å². The standard InChI is InChI=1S/C20H33O4P/c1-9-23-25(22,24-10-2)14-18(21)15-11-16(19(3,4)5)13-17(12-15)20(6,7)8/h11-13H,9-10,14H2,1-8H3. The number of hydrogen-bond acceptors (Lipinski definition) is 4. The Hall–Kier alpha value is -0.960. The molecule has 0 saturated carbocycles. The van der Waals surface area contributed by atoms with E-state index in [-0.39, 0.29) is 36.0 Å². The van der Waals surface area contributed by atoms with Gasteiger partial charge in [-0.25, -0.2) is 0 Å². The van der Waals surface area contributed by atoms with Gasteiger partial charge in [0.1, 0.15) is 6.16 Å². The molecule has 0 N–H and O–H groups in total. The first-order chi connectivity index (χ1) is 11.3. The predicted octanol–water partition coefficient (Wildman–Crippen LogP) is 5.73. The minimum absolute atomic E-state index is 0.0835. The molecule has 0 amide bonds. The average molecular weight is 368 g/mol. The van der Waals surface area contributed by atoms with Crippen molar-refractivity contribution in [3.63, 3.8) is 0 Å². The molecule has 25 heavy (non-hydrogen) atoms. The molecule has 0 spiro atoms. The number of carbonyl (C=O) groups is 1. The zero-order valence-corrected chi connectivity index (χ0v) is 17.8. The number of rotatable bonds is 7. The highest BCUT2D eigenvalue weighted by molar-refractivity contribution is 7.54. The van der Waals surface area contributed by atoms with Crippen molar-refractivity contribution < 1.29 is 18.4 Å². The van der Waals surface area contributed by atoms with Gasteiger partial charge in [-0.3, -0.25) is 9.36 Å². The van der Waals surface area contributed by atoms with Crippen LogP contribution in [0.5, 0.6) is 0 Å². The fourth-order valence-electron chi connectivity index (χ4n) is 2.44. The predicted molar refractivity (Wildman–Crippen MR) is 104 cm³/mol. The highest BCUT2D eigenvalue weighted by Crippen LogP contribution is 2.48. The Morgan fingerprint density at radius 2 is 1.28 bits per heavy atom. The third kappa shape index (κ3) is 6.36. The van der Waals surface area contributed by atoms with Gasteiger partial charge in [0, 0.05) is 5.56 Å². The van der Waals surface area contributed by atoms with Crippen LogP contribution in [-0.2, 0) is 24.4 Å². The van der Waals surface area contributed by atoms with Crippen molar-refractivity contribution in [1.82, 2.24) is 0 Å². The van der Waals surface area contributed by atoms with Crippen molar-refractivity contribution in [3.8, 4) is 0 Å². The van der Waals surface area contributed by atoms with Crippen LogP contribution < -0.4 is 0 Å². The fourth-order valence-corrected chi connectivity index (χ4v) is 4.02. The minimum atomic E-state index is -3.40. The second kappa shape index (κ2) is 8.16. The number of Topliss-reactive ketones (excluding diaryl/α,β-unsaturated/α-hetero) is 1. The highest BCUT2D eigenvalue weighted by atomic mass is 31.2. The summed E-state index contributed by atoms with van der Waals surface area (Å²) in [5.41, 5.74) is 2.58. The summed E-state index contributed by atoms with van der Waals surface area (Å²) in [5, 5.41) is 0. The fraction of sp³-hybridized carbons (Fsp3) is 0.650. The van der Waals surface area contributed by atoms with E-state index in [1.165, 1.54) is 0 Å². The number of ketones is 1. The second-order valence-electron chi connectivity index (χ2n) is 8.33. The number of benzene rings is 1. The van der Waals surface area contributed by atoms with Gasteiger partial charge in [-0.05, 0) is 47.9 Å². The molecule has 1 rings (SSSR count). The minimum Gasteiger partial charge on any atom is -0.309 e. The largest absolute Gasteiger partial charge is 0.338 e. The molecular weight excluding hydrogens is 335 g/mol. The van der Waals surface area contributed by atoms with E-state index in [9.17, 15) is 9.36 Å². The van der Waals surface area contributed by atoms with Crippen molar-refractivity contribution in [2.24, 2.45) is 0 Å². The lowest BCUT2D eigenvalue weighted by Crippen LogP contribution is -2.19.